The van der Waals surface area contributed by atoms with Crippen molar-refractivity contribution in [3.63, 3.8) is 0 Å². The summed E-state index contributed by atoms with van der Waals surface area (Å²) in [5.74, 6) is 0.0965. The molecule has 1 heterocycles. The predicted molar refractivity (Wildman–Crippen MR) is 78.9 cm³/mol. The van der Waals surface area contributed by atoms with Crippen molar-refractivity contribution in [2.45, 2.75) is 16.8 Å². The van der Waals surface area contributed by atoms with Gasteiger partial charge in [-0.2, -0.15) is 0 Å². The number of carbonyl (C=O) groups is 1. The first kappa shape index (κ1) is 12.1. The van der Waals surface area contributed by atoms with Gasteiger partial charge in [-0.1, -0.05) is 48.2 Å². The number of aromatic amines is 1. The van der Waals surface area contributed by atoms with E-state index >= 15 is 0 Å². The molecule has 0 amide bonds. The summed E-state index contributed by atoms with van der Waals surface area (Å²) in [5.41, 5.74) is 1.89. The van der Waals surface area contributed by atoms with E-state index in [4.69, 9.17) is 0 Å². The molecular formula is C16H13NOS. The molecule has 0 radical (unpaired) electrons. The highest BCUT2D eigenvalue weighted by atomic mass is 32.2. The second-order valence-electron chi connectivity index (χ2n) is 4.38. The molecule has 2 aromatic carbocycles. The van der Waals surface area contributed by atoms with Gasteiger partial charge in [0, 0.05) is 21.4 Å². The van der Waals surface area contributed by atoms with Crippen molar-refractivity contribution in [2.75, 3.05) is 0 Å². The van der Waals surface area contributed by atoms with Crippen molar-refractivity contribution in [3.05, 3.63) is 60.2 Å². The summed E-state index contributed by atoms with van der Waals surface area (Å²) >= 11 is 1.59. The smallest absolute Gasteiger partial charge is 0.160 e. The molecule has 3 aromatic rings. The quantitative estimate of drug-likeness (QED) is 0.708. The van der Waals surface area contributed by atoms with Crippen LogP contribution in [0.3, 0.4) is 0 Å². The number of fused-ring (bicyclic) bond motifs is 1. The number of aromatic nitrogens is 1. The van der Waals surface area contributed by atoms with Crippen molar-refractivity contribution in [3.8, 4) is 0 Å². The molecule has 0 atom stereocenters. The lowest BCUT2D eigenvalue weighted by Crippen LogP contribution is -1.94. The second kappa shape index (κ2) is 4.94. The maximum absolute atomic E-state index is 11.6. The molecule has 3 rings (SSSR count). The van der Waals surface area contributed by atoms with Gasteiger partial charge in [-0.15, -0.1) is 0 Å². The number of benzene rings is 2. The van der Waals surface area contributed by atoms with Gasteiger partial charge >= 0.3 is 0 Å². The maximum Gasteiger partial charge on any atom is 0.160 e. The van der Waals surface area contributed by atoms with Crippen molar-refractivity contribution >= 4 is 28.4 Å². The highest BCUT2D eigenvalue weighted by Crippen LogP contribution is 2.32. The van der Waals surface area contributed by atoms with Crippen molar-refractivity contribution in [2.24, 2.45) is 0 Å². The number of Topliss-reactive ketones (excluding diaryl/α,β-unsaturated/α-hetero) is 1. The lowest BCUT2D eigenvalue weighted by Gasteiger charge is -2.04. The summed E-state index contributed by atoms with van der Waals surface area (Å²) in [6, 6.07) is 18.0. The Labute approximate surface area is 115 Å². The van der Waals surface area contributed by atoms with E-state index in [1.165, 1.54) is 5.39 Å². The van der Waals surface area contributed by atoms with Gasteiger partial charge in [-0.3, -0.25) is 4.79 Å². The first-order chi connectivity index (χ1) is 9.24. The monoisotopic (exact) mass is 267 g/mol. The number of para-hydroxylation sites is 1. The summed E-state index contributed by atoms with van der Waals surface area (Å²) in [6.07, 6.45) is 0. The average Bonchev–Trinajstić information content (AvgIpc) is 2.81. The molecule has 2 nitrogen and oxygen atoms in total. The van der Waals surface area contributed by atoms with E-state index in [0.717, 1.165) is 21.0 Å². The van der Waals surface area contributed by atoms with Gasteiger partial charge in [0.1, 0.15) is 0 Å². The van der Waals surface area contributed by atoms with Crippen LogP contribution < -0.4 is 0 Å². The number of rotatable bonds is 3. The van der Waals surface area contributed by atoms with Crippen LogP contribution in [0.15, 0.2) is 64.5 Å². The third-order valence-corrected chi connectivity index (χ3v) is 4.01. The summed E-state index contributed by atoms with van der Waals surface area (Å²) in [5, 5.41) is 2.24. The van der Waals surface area contributed by atoms with Gasteiger partial charge in [-0.05, 0) is 25.1 Å². The van der Waals surface area contributed by atoms with E-state index in [1.807, 2.05) is 36.4 Å². The van der Waals surface area contributed by atoms with Crippen LogP contribution in [-0.4, -0.2) is 10.8 Å². The first-order valence-electron chi connectivity index (χ1n) is 6.09. The molecule has 0 fully saturated rings. The van der Waals surface area contributed by atoms with Crippen molar-refractivity contribution in [1.29, 1.82) is 0 Å². The number of ketones is 1. The van der Waals surface area contributed by atoms with Gasteiger partial charge in [0.2, 0.25) is 0 Å². The van der Waals surface area contributed by atoms with Crippen LogP contribution in [0.2, 0.25) is 0 Å². The minimum Gasteiger partial charge on any atom is -0.349 e. The zero-order valence-corrected chi connectivity index (χ0v) is 11.3. The summed E-state index contributed by atoms with van der Waals surface area (Å²) < 4.78 is 0. The summed E-state index contributed by atoms with van der Waals surface area (Å²) in [4.78, 5) is 16.0. The second-order valence-corrected chi connectivity index (χ2v) is 5.46. The number of hydrogen-bond acceptors (Lipinski definition) is 2. The molecule has 1 N–H and O–H groups in total. The zero-order valence-electron chi connectivity index (χ0n) is 10.5. The van der Waals surface area contributed by atoms with Gasteiger partial charge in [0.05, 0.1) is 5.03 Å². The minimum absolute atomic E-state index is 0.0965. The van der Waals surface area contributed by atoms with Gasteiger partial charge in [-0.25, -0.2) is 0 Å². The maximum atomic E-state index is 11.6. The average molecular weight is 267 g/mol. The standard InChI is InChI=1S/C16H13NOS/c1-11(18)13-7-3-5-9-15(13)19-16-10-12-6-2-4-8-14(12)17-16/h2-10,17H,1H3. The Hall–Kier alpha value is -2.00. The molecule has 0 saturated heterocycles. The molecule has 3 heteroatoms. The van der Waals surface area contributed by atoms with Crippen LogP contribution in [0.5, 0.6) is 0 Å². The molecule has 0 aliphatic rings. The highest BCUT2D eigenvalue weighted by Gasteiger charge is 2.09. The molecule has 0 aliphatic heterocycles. The molecule has 0 bridgehead atoms. The summed E-state index contributed by atoms with van der Waals surface area (Å²) in [7, 11) is 0. The number of carbonyl (C=O) groups excluding carboxylic acids is 1. The third-order valence-electron chi connectivity index (χ3n) is 2.99. The Bertz CT molecular complexity index is 712. The molecular weight excluding hydrogens is 254 g/mol. The minimum atomic E-state index is 0.0965. The Morgan fingerprint density at radius 1 is 1.05 bits per heavy atom. The Morgan fingerprint density at radius 2 is 1.79 bits per heavy atom. The van der Waals surface area contributed by atoms with Crippen LogP contribution in [0.1, 0.15) is 17.3 Å². The van der Waals surface area contributed by atoms with Crippen LogP contribution in [0.4, 0.5) is 0 Å². The molecule has 0 saturated carbocycles. The molecule has 94 valence electrons. The van der Waals surface area contributed by atoms with Gasteiger partial charge < -0.3 is 4.98 Å². The van der Waals surface area contributed by atoms with Crippen LogP contribution in [-0.2, 0) is 0 Å². The van der Waals surface area contributed by atoms with Crippen LogP contribution in [0.25, 0.3) is 10.9 Å². The fourth-order valence-electron chi connectivity index (χ4n) is 2.07. The largest absolute Gasteiger partial charge is 0.349 e. The van der Waals surface area contributed by atoms with Crippen molar-refractivity contribution in [1.82, 2.24) is 4.98 Å². The number of hydrogen-bond donors (Lipinski definition) is 1. The highest BCUT2D eigenvalue weighted by molar-refractivity contribution is 7.99. The normalized spacial score (nSPS) is 10.8. The zero-order chi connectivity index (χ0) is 13.2. The Kier molecular flexibility index (Phi) is 3.13. The van der Waals surface area contributed by atoms with E-state index in [0.29, 0.717) is 0 Å². The lowest BCUT2D eigenvalue weighted by atomic mass is 10.1. The summed E-state index contributed by atoms with van der Waals surface area (Å²) in [6.45, 7) is 1.60. The Balaban J connectivity index is 1.99. The van der Waals surface area contributed by atoms with E-state index < -0.39 is 0 Å². The SMILES string of the molecule is CC(=O)c1ccccc1Sc1cc2ccccc2[nH]1. The van der Waals surface area contributed by atoms with E-state index in [-0.39, 0.29) is 5.78 Å². The topological polar surface area (TPSA) is 32.9 Å². The number of H-pyrrole nitrogens is 1. The van der Waals surface area contributed by atoms with E-state index in [1.54, 1.807) is 18.7 Å². The van der Waals surface area contributed by atoms with Crippen LogP contribution in [0, 0.1) is 0 Å². The fraction of sp³-hybridized carbons (Fsp3) is 0.0625. The molecule has 1 aromatic heterocycles. The Morgan fingerprint density at radius 3 is 2.58 bits per heavy atom. The lowest BCUT2D eigenvalue weighted by molar-refractivity contribution is 0.101. The molecule has 19 heavy (non-hydrogen) atoms. The predicted octanol–water partition coefficient (Wildman–Crippen LogP) is 4.52. The fourth-order valence-corrected chi connectivity index (χ4v) is 3.12. The third kappa shape index (κ3) is 2.42. The first-order valence-corrected chi connectivity index (χ1v) is 6.91. The van der Waals surface area contributed by atoms with Gasteiger partial charge in [0.15, 0.2) is 5.78 Å². The van der Waals surface area contributed by atoms with E-state index in [9.17, 15) is 4.79 Å². The van der Waals surface area contributed by atoms with E-state index in [2.05, 4.69) is 23.2 Å². The molecule has 0 spiro atoms. The van der Waals surface area contributed by atoms with Crippen LogP contribution >= 0.6 is 11.8 Å². The molecule has 0 aliphatic carbocycles. The number of nitrogens with one attached hydrogen (secondary N) is 1. The van der Waals surface area contributed by atoms with Crippen molar-refractivity contribution < 1.29 is 4.79 Å². The molecule has 0 unspecified atom stereocenters. The van der Waals surface area contributed by atoms with Gasteiger partial charge in [0.25, 0.3) is 0 Å².